The Morgan fingerprint density at radius 3 is 2.54 bits per heavy atom. The monoisotopic (exact) mass is 410 g/mol. The van der Waals surface area contributed by atoms with Gasteiger partial charge in [0.2, 0.25) is 4.77 Å². The highest BCUT2D eigenvalue weighted by Crippen LogP contribution is 2.29. The minimum absolute atomic E-state index is 0.144. The molecule has 0 N–H and O–H groups in total. The average Bonchev–Trinajstić information content (AvgIpc) is 3.24. The van der Waals surface area contributed by atoms with Crippen molar-refractivity contribution in [1.29, 1.82) is 0 Å². The molecule has 2 aromatic carbocycles. The summed E-state index contributed by atoms with van der Waals surface area (Å²) in [4.78, 5) is 6.94. The predicted molar refractivity (Wildman–Crippen MR) is 115 cm³/mol. The van der Waals surface area contributed by atoms with E-state index in [4.69, 9.17) is 17.2 Å². The third-order valence-electron chi connectivity index (χ3n) is 4.78. The largest absolute Gasteiger partial charge is 0.278 e. The molecule has 0 aliphatic carbocycles. The smallest absolute Gasteiger partial charge is 0.221 e. The van der Waals surface area contributed by atoms with Crippen LogP contribution in [0.1, 0.15) is 29.1 Å². The molecule has 0 fully saturated rings. The number of aromatic nitrogens is 5. The summed E-state index contributed by atoms with van der Waals surface area (Å²) >= 11 is 7.35. The number of hydrogen-bond donors (Lipinski definition) is 0. The van der Waals surface area contributed by atoms with Crippen molar-refractivity contribution >= 4 is 33.8 Å². The SMILES string of the molecule is Cc1cc(C)cc(-n2nnn(CN(C)[C@H](C)c3nc4ccccc4s3)c2=S)c1. The molecule has 0 aliphatic rings. The topological polar surface area (TPSA) is 51.8 Å². The molecular weight excluding hydrogens is 388 g/mol. The van der Waals surface area contributed by atoms with Gasteiger partial charge in [0.1, 0.15) is 5.01 Å². The zero-order valence-corrected chi connectivity index (χ0v) is 18.0. The molecule has 0 bridgehead atoms. The van der Waals surface area contributed by atoms with Crippen molar-refractivity contribution in [2.24, 2.45) is 0 Å². The van der Waals surface area contributed by atoms with E-state index in [1.54, 1.807) is 20.7 Å². The third kappa shape index (κ3) is 3.63. The maximum atomic E-state index is 5.63. The number of aryl methyl sites for hydroxylation is 2. The van der Waals surface area contributed by atoms with Gasteiger partial charge in [0.15, 0.2) is 0 Å². The van der Waals surface area contributed by atoms with Crippen LogP contribution in [-0.2, 0) is 6.67 Å². The Labute approximate surface area is 173 Å². The number of rotatable bonds is 5. The minimum Gasteiger partial charge on any atom is -0.278 e. The highest BCUT2D eigenvalue weighted by Gasteiger charge is 2.18. The summed E-state index contributed by atoms with van der Waals surface area (Å²) in [6, 6.07) is 14.6. The van der Waals surface area contributed by atoms with Gasteiger partial charge in [-0.2, -0.15) is 4.68 Å². The highest BCUT2D eigenvalue weighted by atomic mass is 32.1. The van der Waals surface area contributed by atoms with Gasteiger partial charge in [-0.15, -0.1) is 11.3 Å². The fraction of sp³-hybridized carbons (Fsp3) is 0.300. The molecule has 1 atom stereocenters. The van der Waals surface area contributed by atoms with Crippen LogP contribution in [0.25, 0.3) is 15.9 Å². The predicted octanol–water partition coefficient (Wildman–Crippen LogP) is 4.68. The molecule has 0 saturated heterocycles. The third-order valence-corrected chi connectivity index (χ3v) is 6.37. The summed E-state index contributed by atoms with van der Waals surface area (Å²) in [5, 5.41) is 9.63. The van der Waals surface area contributed by atoms with E-state index in [1.807, 2.05) is 25.2 Å². The van der Waals surface area contributed by atoms with Crippen LogP contribution >= 0.6 is 23.6 Å². The zero-order valence-electron chi connectivity index (χ0n) is 16.3. The van der Waals surface area contributed by atoms with Gasteiger partial charge in [-0.25, -0.2) is 9.67 Å². The number of thiazole rings is 1. The van der Waals surface area contributed by atoms with E-state index in [0.717, 1.165) is 16.2 Å². The lowest BCUT2D eigenvalue weighted by molar-refractivity contribution is 0.193. The van der Waals surface area contributed by atoms with Crippen molar-refractivity contribution in [3.05, 3.63) is 63.4 Å². The Morgan fingerprint density at radius 1 is 1.11 bits per heavy atom. The fourth-order valence-electron chi connectivity index (χ4n) is 3.19. The second kappa shape index (κ2) is 7.54. The summed E-state index contributed by atoms with van der Waals surface area (Å²) in [6.45, 7) is 6.83. The van der Waals surface area contributed by atoms with Crippen molar-refractivity contribution in [3.63, 3.8) is 0 Å². The normalized spacial score (nSPS) is 12.8. The molecule has 0 radical (unpaired) electrons. The van der Waals surface area contributed by atoms with E-state index in [-0.39, 0.29) is 6.04 Å². The van der Waals surface area contributed by atoms with Crippen LogP contribution in [0.2, 0.25) is 0 Å². The number of tetrazole rings is 1. The highest BCUT2D eigenvalue weighted by molar-refractivity contribution is 7.71. The molecular formula is C20H22N6S2. The Kier molecular flexibility index (Phi) is 5.09. The lowest BCUT2D eigenvalue weighted by Crippen LogP contribution is -2.26. The van der Waals surface area contributed by atoms with E-state index in [9.17, 15) is 0 Å². The minimum atomic E-state index is 0.144. The summed E-state index contributed by atoms with van der Waals surface area (Å²) in [5.41, 5.74) is 4.33. The summed E-state index contributed by atoms with van der Waals surface area (Å²) in [5.74, 6) is 0. The average molecular weight is 411 g/mol. The molecule has 4 aromatic rings. The second-order valence-corrected chi connectivity index (χ2v) is 8.54. The molecule has 0 saturated carbocycles. The van der Waals surface area contributed by atoms with Crippen molar-refractivity contribution in [2.45, 2.75) is 33.5 Å². The molecule has 4 rings (SSSR count). The molecule has 0 spiro atoms. The molecule has 0 aliphatic heterocycles. The van der Waals surface area contributed by atoms with Crippen LogP contribution in [0.15, 0.2) is 42.5 Å². The number of nitrogens with zero attached hydrogens (tertiary/aromatic N) is 6. The lowest BCUT2D eigenvalue weighted by atomic mass is 10.1. The molecule has 6 nitrogen and oxygen atoms in total. The van der Waals surface area contributed by atoms with E-state index in [2.05, 4.69) is 60.4 Å². The Bertz CT molecular complexity index is 1140. The molecule has 2 heterocycles. The Hall–Kier alpha value is -2.42. The van der Waals surface area contributed by atoms with Crippen LogP contribution in [0.4, 0.5) is 0 Å². The quantitative estimate of drug-likeness (QED) is 0.447. The van der Waals surface area contributed by atoms with Gasteiger partial charge in [0.05, 0.1) is 28.6 Å². The van der Waals surface area contributed by atoms with E-state index in [0.29, 0.717) is 11.4 Å². The van der Waals surface area contributed by atoms with Crippen LogP contribution in [0.5, 0.6) is 0 Å². The van der Waals surface area contributed by atoms with E-state index < -0.39 is 0 Å². The van der Waals surface area contributed by atoms with E-state index >= 15 is 0 Å². The van der Waals surface area contributed by atoms with Crippen LogP contribution in [0.3, 0.4) is 0 Å². The van der Waals surface area contributed by atoms with Crippen LogP contribution in [-0.4, -0.2) is 36.7 Å². The number of para-hydroxylation sites is 1. The molecule has 8 heteroatoms. The zero-order chi connectivity index (χ0) is 19.8. The molecule has 28 heavy (non-hydrogen) atoms. The first kappa shape index (κ1) is 18.9. The molecule has 0 amide bonds. The van der Waals surface area contributed by atoms with Gasteiger partial charge < -0.3 is 0 Å². The number of benzene rings is 2. The molecule has 144 valence electrons. The first-order chi connectivity index (χ1) is 13.4. The lowest BCUT2D eigenvalue weighted by Gasteiger charge is -2.22. The van der Waals surface area contributed by atoms with Crippen LogP contribution < -0.4 is 0 Å². The maximum absolute atomic E-state index is 5.63. The summed E-state index contributed by atoms with van der Waals surface area (Å²) in [7, 11) is 2.05. The van der Waals surface area contributed by atoms with Gasteiger partial charge in [0, 0.05) is 0 Å². The van der Waals surface area contributed by atoms with Crippen molar-refractivity contribution in [1.82, 2.24) is 29.7 Å². The summed E-state index contributed by atoms with van der Waals surface area (Å²) in [6.07, 6.45) is 0. The standard InChI is InChI=1S/C20H22N6S2/c1-13-9-14(2)11-16(10-13)26-20(27)25(22-23-26)12-24(4)15(3)19-21-17-7-5-6-8-18(17)28-19/h5-11,15H,12H2,1-4H3/t15-/m1/s1. The van der Waals surface area contributed by atoms with Crippen molar-refractivity contribution < 1.29 is 0 Å². The van der Waals surface area contributed by atoms with Gasteiger partial charge in [-0.1, -0.05) is 18.2 Å². The second-order valence-electron chi connectivity index (χ2n) is 7.11. The molecule has 0 unspecified atom stereocenters. The first-order valence-electron chi connectivity index (χ1n) is 9.09. The first-order valence-corrected chi connectivity index (χ1v) is 10.3. The van der Waals surface area contributed by atoms with Gasteiger partial charge in [-0.3, -0.25) is 4.90 Å². The van der Waals surface area contributed by atoms with Gasteiger partial charge >= 0.3 is 0 Å². The Morgan fingerprint density at radius 2 is 1.82 bits per heavy atom. The molecule has 2 aromatic heterocycles. The van der Waals surface area contributed by atoms with Crippen LogP contribution in [0, 0.1) is 18.6 Å². The fourth-order valence-corrected chi connectivity index (χ4v) is 4.51. The maximum Gasteiger partial charge on any atom is 0.221 e. The number of hydrogen-bond acceptors (Lipinski definition) is 6. The van der Waals surface area contributed by atoms with E-state index in [1.165, 1.54) is 15.8 Å². The number of fused-ring (bicyclic) bond motifs is 1. The Balaban J connectivity index is 1.57. The van der Waals surface area contributed by atoms with Crippen molar-refractivity contribution in [3.8, 4) is 5.69 Å². The van der Waals surface area contributed by atoms with Gasteiger partial charge in [-0.05, 0) is 85.9 Å². The van der Waals surface area contributed by atoms with Crippen molar-refractivity contribution in [2.75, 3.05) is 7.05 Å². The van der Waals surface area contributed by atoms with Gasteiger partial charge in [0.25, 0.3) is 0 Å². The summed E-state index contributed by atoms with van der Waals surface area (Å²) < 4.78 is 5.24.